The van der Waals surface area contributed by atoms with Crippen molar-refractivity contribution in [2.75, 3.05) is 13.1 Å². The highest BCUT2D eigenvalue weighted by atomic mass is 16.5. The van der Waals surface area contributed by atoms with Gasteiger partial charge in [0.15, 0.2) is 0 Å². The zero-order valence-electron chi connectivity index (χ0n) is 12.2. The number of fused-ring (bicyclic) bond motifs is 1. The lowest BCUT2D eigenvalue weighted by atomic mass is 10.1. The van der Waals surface area contributed by atoms with Gasteiger partial charge in [-0.15, -0.1) is 0 Å². The average Bonchev–Trinajstić information content (AvgIpc) is 2.59. The fourth-order valence-electron chi connectivity index (χ4n) is 2.63. The number of hydrogen-bond donors (Lipinski definition) is 2. The quantitative estimate of drug-likeness (QED) is 0.655. The SMILES string of the molecule is O=C(NO)c1cnc2c(n1)CCN(CCc1ccccc1)C2. The second kappa shape index (κ2) is 6.64. The van der Waals surface area contributed by atoms with E-state index >= 15 is 0 Å². The number of nitrogens with zero attached hydrogens (tertiary/aromatic N) is 3. The summed E-state index contributed by atoms with van der Waals surface area (Å²) in [6, 6.07) is 10.4. The van der Waals surface area contributed by atoms with E-state index in [9.17, 15) is 4.79 Å². The van der Waals surface area contributed by atoms with Crippen molar-refractivity contribution >= 4 is 5.91 Å². The van der Waals surface area contributed by atoms with Crippen LogP contribution < -0.4 is 5.48 Å². The molecule has 1 aliphatic rings. The number of hydrogen-bond acceptors (Lipinski definition) is 5. The van der Waals surface area contributed by atoms with E-state index in [1.165, 1.54) is 11.8 Å². The Kier molecular flexibility index (Phi) is 4.41. The van der Waals surface area contributed by atoms with Gasteiger partial charge >= 0.3 is 0 Å². The van der Waals surface area contributed by atoms with Gasteiger partial charge in [0.2, 0.25) is 0 Å². The van der Waals surface area contributed by atoms with E-state index in [1.54, 1.807) is 5.48 Å². The van der Waals surface area contributed by atoms with Gasteiger partial charge < -0.3 is 0 Å². The number of amides is 1. The molecule has 2 aromatic rings. The van der Waals surface area contributed by atoms with Crippen LogP contribution >= 0.6 is 0 Å². The number of carbonyl (C=O) groups excluding carboxylic acids is 1. The van der Waals surface area contributed by atoms with Crippen LogP contribution in [0.1, 0.15) is 27.4 Å². The topological polar surface area (TPSA) is 78.3 Å². The van der Waals surface area contributed by atoms with Crippen molar-refractivity contribution in [3.63, 3.8) is 0 Å². The summed E-state index contributed by atoms with van der Waals surface area (Å²) in [5, 5.41) is 8.64. The molecule has 1 aromatic carbocycles. The summed E-state index contributed by atoms with van der Waals surface area (Å²) in [6.45, 7) is 2.62. The first-order valence-electron chi connectivity index (χ1n) is 7.32. The zero-order valence-corrected chi connectivity index (χ0v) is 12.2. The van der Waals surface area contributed by atoms with Crippen LogP contribution in [0.25, 0.3) is 0 Å². The van der Waals surface area contributed by atoms with Gasteiger partial charge in [-0.25, -0.2) is 10.5 Å². The van der Waals surface area contributed by atoms with Crippen LogP contribution in [-0.4, -0.2) is 39.1 Å². The third-order valence-corrected chi connectivity index (χ3v) is 3.86. The molecule has 0 saturated heterocycles. The molecule has 0 bridgehead atoms. The molecular weight excluding hydrogens is 280 g/mol. The predicted octanol–water partition coefficient (Wildman–Crippen LogP) is 1.20. The van der Waals surface area contributed by atoms with E-state index in [0.29, 0.717) is 0 Å². The molecule has 114 valence electrons. The maximum atomic E-state index is 11.3. The van der Waals surface area contributed by atoms with Crippen LogP contribution in [0.3, 0.4) is 0 Å². The summed E-state index contributed by atoms with van der Waals surface area (Å²) in [4.78, 5) is 22.3. The molecule has 2 N–H and O–H groups in total. The van der Waals surface area contributed by atoms with Gasteiger partial charge in [-0.3, -0.25) is 19.9 Å². The predicted molar refractivity (Wildman–Crippen MR) is 80.4 cm³/mol. The molecule has 1 amide bonds. The second-order valence-electron chi connectivity index (χ2n) is 5.35. The monoisotopic (exact) mass is 298 g/mol. The van der Waals surface area contributed by atoms with Gasteiger partial charge in [0.1, 0.15) is 5.69 Å². The van der Waals surface area contributed by atoms with Crippen LogP contribution in [0, 0.1) is 0 Å². The molecule has 0 spiro atoms. The number of carbonyl (C=O) groups is 1. The van der Waals surface area contributed by atoms with Gasteiger partial charge in [-0.05, 0) is 12.0 Å². The van der Waals surface area contributed by atoms with Crippen LogP contribution in [0.15, 0.2) is 36.5 Å². The summed E-state index contributed by atoms with van der Waals surface area (Å²) in [7, 11) is 0. The molecule has 22 heavy (non-hydrogen) atoms. The number of benzene rings is 1. The van der Waals surface area contributed by atoms with Crippen molar-refractivity contribution in [3.05, 3.63) is 59.2 Å². The van der Waals surface area contributed by atoms with Gasteiger partial charge in [-0.1, -0.05) is 30.3 Å². The minimum atomic E-state index is -0.623. The molecule has 6 heteroatoms. The van der Waals surface area contributed by atoms with Gasteiger partial charge in [0, 0.05) is 26.1 Å². The summed E-state index contributed by atoms with van der Waals surface area (Å²) < 4.78 is 0. The lowest BCUT2D eigenvalue weighted by molar-refractivity contribution is 0.0699. The average molecular weight is 298 g/mol. The Morgan fingerprint density at radius 3 is 2.86 bits per heavy atom. The Bertz CT molecular complexity index is 660. The molecule has 0 atom stereocenters. The third kappa shape index (κ3) is 3.29. The third-order valence-electron chi connectivity index (χ3n) is 3.86. The summed E-state index contributed by atoms with van der Waals surface area (Å²) >= 11 is 0. The molecule has 0 radical (unpaired) electrons. The van der Waals surface area contributed by atoms with Crippen LogP contribution in [-0.2, 0) is 19.4 Å². The van der Waals surface area contributed by atoms with Gasteiger partial charge in [0.25, 0.3) is 5.91 Å². The highest BCUT2D eigenvalue weighted by Gasteiger charge is 2.20. The molecule has 2 heterocycles. The molecular formula is C16H18N4O2. The van der Waals surface area contributed by atoms with Crippen molar-refractivity contribution in [2.24, 2.45) is 0 Å². The van der Waals surface area contributed by atoms with Crippen molar-refractivity contribution in [2.45, 2.75) is 19.4 Å². The van der Waals surface area contributed by atoms with E-state index in [-0.39, 0.29) is 5.69 Å². The molecule has 1 aromatic heterocycles. The Labute approximate surface area is 128 Å². The first-order valence-corrected chi connectivity index (χ1v) is 7.32. The zero-order chi connectivity index (χ0) is 15.4. The highest BCUT2D eigenvalue weighted by Crippen LogP contribution is 2.16. The fraction of sp³-hybridized carbons (Fsp3) is 0.312. The first kappa shape index (κ1) is 14.6. The lowest BCUT2D eigenvalue weighted by Gasteiger charge is -2.27. The number of rotatable bonds is 4. The molecule has 6 nitrogen and oxygen atoms in total. The van der Waals surface area contributed by atoms with Gasteiger partial charge in [-0.2, -0.15) is 0 Å². The summed E-state index contributed by atoms with van der Waals surface area (Å²) in [5.74, 6) is -0.623. The maximum Gasteiger partial charge on any atom is 0.294 e. The Hall–Kier alpha value is -2.31. The number of aromatic nitrogens is 2. The van der Waals surface area contributed by atoms with Crippen molar-refractivity contribution in [1.29, 1.82) is 0 Å². The van der Waals surface area contributed by atoms with Crippen LogP contribution in [0.5, 0.6) is 0 Å². The maximum absolute atomic E-state index is 11.3. The highest BCUT2D eigenvalue weighted by molar-refractivity contribution is 5.91. The Morgan fingerprint density at radius 2 is 2.09 bits per heavy atom. The normalized spacial score (nSPS) is 14.4. The van der Waals surface area contributed by atoms with Gasteiger partial charge in [0.05, 0.1) is 17.6 Å². The smallest absolute Gasteiger partial charge is 0.294 e. The van der Waals surface area contributed by atoms with Crippen LogP contribution in [0.4, 0.5) is 0 Å². The fourth-order valence-corrected chi connectivity index (χ4v) is 2.63. The summed E-state index contributed by atoms with van der Waals surface area (Å²) in [6.07, 6.45) is 3.18. The van der Waals surface area contributed by atoms with E-state index in [1.807, 2.05) is 6.07 Å². The van der Waals surface area contributed by atoms with Crippen molar-refractivity contribution in [3.8, 4) is 0 Å². The van der Waals surface area contributed by atoms with Crippen molar-refractivity contribution < 1.29 is 10.0 Å². The molecule has 1 aliphatic heterocycles. The molecule has 3 rings (SSSR count). The van der Waals surface area contributed by atoms with Crippen molar-refractivity contribution in [1.82, 2.24) is 20.3 Å². The Morgan fingerprint density at radius 1 is 1.27 bits per heavy atom. The Balaban J connectivity index is 1.63. The van der Waals surface area contributed by atoms with E-state index in [0.717, 1.165) is 43.9 Å². The lowest BCUT2D eigenvalue weighted by Crippen LogP contribution is -2.34. The molecule has 0 fully saturated rings. The summed E-state index contributed by atoms with van der Waals surface area (Å²) in [5.41, 5.74) is 4.82. The van der Waals surface area contributed by atoms with E-state index in [4.69, 9.17) is 5.21 Å². The second-order valence-corrected chi connectivity index (χ2v) is 5.35. The largest absolute Gasteiger partial charge is 0.297 e. The first-order chi connectivity index (χ1) is 10.8. The standard InChI is InChI=1S/C16H18N4O2/c21-16(19-22)14-10-17-15-11-20(9-7-13(15)18-14)8-6-12-4-2-1-3-5-12/h1-5,10,22H,6-9,11H2,(H,19,21). The molecule has 0 saturated carbocycles. The minimum Gasteiger partial charge on any atom is -0.297 e. The molecule has 0 unspecified atom stereocenters. The minimum absolute atomic E-state index is 0.152. The van der Waals surface area contributed by atoms with E-state index < -0.39 is 5.91 Å². The number of nitrogens with one attached hydrogen (secondary N) is 1. The van der Waals surface area contributed by atoms with Crippen LogP contribution in [0.2, 0.25) is 0 Å². The molecule has 0 aliphatic carbocycles. The van der Waals surface area contributed by atoms with E-state index in [2.05, 4.69) is 39.1 Å². The number of hydroxylamine groups is 1.